The highest BCUT2D eigenvalue weighted by atomic mass is 16.5. The van der Waals surface area contributed by atoms with Crippen molar-refractivity contribution in [3.8, 4) is 11.4 Å². The smallest absolute Gasteiger partial charge is 0.274 e. The van der Waals surface area contributed by atoms with Gasteiger partial charge in [0.25, 0.3) is 5.91 Å². The minimum atomic E-state index is -0.107. The molecule has 1 fully saturated rings. The molecule has 124 valence electrons. The van der Waals surface area contributed by atoms with Crippen LogP contribution in [0, 0.1) is 5.92 Å². The van der Waals surface area contributed by atoms with E-state index in [4.69, 9.17) is 4.74 Å². The molecular formula is C18H19N3O3. The molecule has 0 spiro atoms. The molecule has 4 rings (SSSR count). The molecule has 0 unspecified atom stereocenters. The second kappa shape index (κ2) is 5.87. The van der Waals surface area contributed by atoms with Gasteiger partial charge in [-0.3, -0.25) is 9.59 Å². The third-order valence-corrected chi connectivity index (χ3v) is 4.75. The van der Waals surface area contributed by atoms with Crippen LogP contribution in [-0.2, 0) is 22.7 Å². The second-order valence-electron chi connectivity index (χ2n) is 6.32. The summed E-state index contributed by atoms with van der Waals surface area (Å²) in [4.78, 5) is 30.5. The monoisotopic (exact) mass is 325 g/mol. The molecule has 1 aromatic carbocycles. The molecule has 6 heteroatoms. The Morgan fingerprint density at radius 3 is 2.67 bits per heavy atom. The topological polar surface area (TPSA) is 64.4 Å². The number of rotatable bonds is 3. The number of hydrogen-bond donors (Lipinski definition) is 0. The van der Waals surface area contributed by atoms with E-state index in [9.17, 15) is 9.59 Å². The summed E-state index contributed by atoms with van der Waals surface area (Å²) in [6.07, 6.45) is 0. The quantitative estimate of drug-likeness (QED) is 0.862. The van der Waals surface area contributed by atoms with Crippen LogP contribution in [0.25, 0.3) is 11.4 Å². The average Bonchev–Trinajstić information content (AvgIpc) is 2.93. The Hall–Kier alpha value is -2.47. The maximum Gasteiger partial charge on any atom is 0.274 e. The maximum atomic E-state index is 12.8. The summed E-state index contributed by atoms with van der Waals surface area (Å²) < 4.78 is 7.62. The van der Waals surface area contributed by atoms with Gasteiger partial charge < -0.3 is 14.2 Å². The van der Waals surface area contributed by atoms with E-state index in [-0.39, 0.29) is 17.6 Å². The molecule has 3 heterocycles. The van der Waals surface area contributed by atoms with Crippen molar-refractivity contribution in [1.82, 2.24) is 14.5 Å². The average molecular weight is 325 g/mol. The van der Waals surface area contributed by atoms with E-state index in [0.717, 1.165) is 17.1 Å². The van der Waals surface area contributed by atoms with E-state index >= 15 is 0 Å². The molecule has 0 aliphatic carbocycles. The standard InChI is InChI=1S/C18H19N3O3/c1-12(22)14-9-20(10-14)18(23)16-15-11-24-8-7-21(15)17(19-16)13-5-3-2-4-6-13/h2-6,14H,7-11H2,1H3. The van der Waals surface area contributed by atoms with Crippen LogP contribution in [0.3, 0.4) is 0 Å². The number of ketones is 1. The number of carbonyl (C=O) groups excluding carboxylic acids is 2. The van der Waals surface area contributed by atoms with E-state index < -0.39 is 0 Å². The number of amides is 1. The Morgan fingerprint density at radius 2 is 1.96 bits per heavy atom. The van der Waals surface area contributed by atoms with Crippen molar-refractivity contribution in [3.63, 3.8) is 0 Å². The Kier molecular flexibility index (Phi) is 3.69. The van der Waals surface area contributed by atoms with Gasteiger partial charge in [-0.2, -0.15) is 0 Å². The maximum absolute atomic E-state index is 12.8. The zero-order valence-corrected chi connectivity index (χ0v) is 13.6. The first-order valence-electron chi connectivity index (χ1n) is 8.17. The number of benzene rings is 1. The van der Waals surface area contributed by atoms with Gasteiger partial charge in [0.15, 0.2) is 5.69 Å². The van der Waals surface area contributed by atoms with E-state index in [0.29, 0.717) is 38.5 Å². The molecule has 2 aliphatic heterocycles. The Bertz CT molecular complexity index is 791. The molecule has 1 aromatic heterocycles. The lowest BCUT2D eigenvalue weighted by atomic mass is 9.95. The van der Waals surface area contributed by atoms with Gasteiger partial charge >= 0.3 is 0 Å². The fraction of sp³-hybridized carbons (Fsp3) is 0.389. The predicted molar refractivity (Wildman–Crippen MR) is 87.4 cm³/mol. The summed E-state index contributed by atoms with van der Waals surface area (Å²) in [5, 5.41) is 0. The number of ether oxygens (including phenoxy) is 1. The van der Waals surface area contributed by atoms with E-state index in [2.05, 4.69) is 9.55 Å². The lowest BCUT2D eigenvalue weighted by Crippen LogP contribution is -2.52. The van der Waals surface area contributed by atoms with Crippen LogP contribution in [0.15, 0.2) is 30.3 Å². The highest BCUT2D eigenvalue weighted by Gasteiger charge is 2.37. The molecule has 1 saturated heterocycles. The Balaban J connectivity index is 1.68. The minimum absolute atomic E-state index is 0.0303. The zero-order valence-electron chi connectivity index (χ0n) is 13.6. The van der Waals surface area contributed by atoms with Gasteiger partial charge in [0, 0.05) is 25.2 Å². The van der Waals surface area contributed by atoms with Gasteiger partial charge in [-0.25, -0.2) is 4.98 Å². The van der Waals surface area contributed by atoms with Crippen LogP contribution < -0.4 is 0 Å². The highest BCUT2D eigenvalue weighted by Crippen LogP contribution is 2.28. The molecule has 0 bridgehead atoms. The second-order valence-corrected chi connectivity index (χ2v) is 6.32. The number of nitrogens with zero attached hydrogens (tertiary/aromatic N) is 3. The molecule has 2 aromatic rings. The summed E-state index contributed by atoms with van der Waals surface area (Å²) in [5.41, 5.74) is 2.27. The first-order chi connectivity index (χ1) is 11.6. The summed E-state index contributed by atoms with van der Waals surface area (Å²) in [6.45, 7) is 4.25. The van der Waals surface area contributed by atoms with Crippen LogP contribution in [0.1, 0.15) is 23.1 Å². The van der Waals surface area contributed by atoms with Crippen molar-refractivity contribution in [3.05, 3.63) is 41.7 Å². The third-order valence-electron chi connectivity index (χ3n) is 4.75. The first-order valence-corrected chi connectivity index (χ1v) is 8.17. The molecular weight excluding hydrogens is 306 g/mol. The zero-order chi connectivity index (χ0) is 16.7. The lowest BCUT2D eigenvalue weighted by Gasteiger charge is -2.37. The minimum Gasteiger partial charge on any atom is -0.373 e. The Labute approximate surface area is 140 Å². The molecule has 0 atom stereocenters. The van der Waals surface area contributed by atoms with Gasteiger partial charge in [-0.1, -0.05) is 30.3 Å². The fourth-order valence-corrected chi connectivity index (χ4v) is 3.23. The van der Waals surface area contributed by atoms with Crippen molar-refractivity contribution in [2.45, 2.75) is 20.1 Å². The summed E-state index contributed by atoms with van der Waals surface area (Å²) >= 11 is 0. The van der Waals surface area contributed by atoms with E-state index in [1.165, 1.54) is 0 Å². The van der Waals surface area contributed by atoms with Crippen molar-refractivity contribution in [2.24, 2.45) is 5.92 Å². The van der Waals surface area contributed by atoms with Gasteiger partial charge in [0.2, 0.25) is 0 Å². The van der Waals surface area contributed by atoms with Crippen LogP contribution in [-0.4, -0.2) is 45.8 Å². The molecule has 1 amide bonds. The van der Waals surface area contributed by atoms with Crippen LogP contribution in [0.5, 0.6) is 0 Å². The van der Waals surface area contributed by atoms with Crippen LogP contribution in [0.4, 0.5) is 0 Å². The SMILES string of the molecule is CC(=O)C1CN(C(=O)c2nc(-c3ccccc3)n3c2COCC3)C1. The number of Topliss-reactive ketones (excluding diaryl/α,β-unsaturated/α-hetero) is 1. The van der Waals surface area contributed by atoms with Gasteiger partial charge in [0.05, 0.1) is 24.8 Å². The fourth-order valence-electron chi connectivity index (χ4n) is 3.23. The van der Waals surface area contributed by atoms with E-state index in [1.807, 2.05) is 30.3 Å². The number of likely N-dealkylation sites (tertiary alicyclic amines) is 1. The third kappa shape index (κ3) is 2.43. The van der Waals surface area contributed by atoms with Gasteiger partial charge in [-0.15, -0.1) is 0 Å². The number of imidazole rings is 1. The normalized spacial score (nSPS) is 17.3. The van der Waals surface area contributed by atoms with E-state index in [1.54, 1.807) is 11.8 Å². The van der Waals surface area contributed by atoms with Crippen molar-refractivity contribution in [2.75, 3.05) is 19.7 Å². The highest BCUT2D eigenvalue weighted by molar-refractivity contribution is 5.96. The van der Waals surface area contributed by atoms with Crippen LogP contribution in [0.2, 0.25) is 0 Å². The molecule has 24 heavy (non-hydrogen) atoms. The number of hydrogen-bond acceptors (Lipinski definition) is 4. The lowest BCUT2D eigenvalue weighted by molar-refractivity contribution is -0.124. The number of aromatic nitrogens is 2. The number of fused-ring (bicyclic) bond motifs is 1. The van der Waals surface area contributed by atoms with Crippen molar-refractivity contribution >= 4 is 11.7 Å². The molecule has 0 radical (unpaired) electrons. The first kappa shape index (κ1) is 15.1. The number of carbonyl (C=O) groups is 2. The van der Waals surface area contributed by atoms with Crippen molar-refractivity contribution < 1.29 is 14.3 Å². The van der Waals surface area contributed by atoms with Crippen molar-refractivity contribution in [1.29, 1.82) is 0 Å². The summed E-state index contributed by atoms with van der Waals surface area (Å²) in [6, 6.07) is 9.87. The molecule has 0 saturated carbocycles. The summed E-state index contributed by atoms with van der Waals surface area (Å²) in [7, 11) is 0. The summed E-state index contributed by atoms with van der Waals surface area (Å²) in [5.74, 6) is 0.807. The Morgan fingerprint density at radius 1 is 1.21 bits per heavy atom. The van der Waals surface area contributed by atoms with Gasteiger partial charge in [-0.05, 0) is 6.92 Å². The molecule has 2 aliphatic rings. The van der Waals surface area contributed by atoms with Crippen LogP contribution >= 0.6 is 0 Å². The van der Waals surface area contributed by atoms with Gasteiger partial charge in [0.1, 0.15) is 11.6 Å². The molecule has 0 N–H and O–H groups in total. The molecule has 6 nitrogen and oxygen atoms in total. The largest absolute Gasteiger partial charge is 0.373 e. The predicted octanol–water partition coefficient (Wildman–Crippen LogP) is 1.74.